The Hall–Kier alpha value is -3.09. The number of rotatable bonds is 3. The van der Waals surface area contributed by atoms with E-state index >= 15 is 0 Å². The molecule has 0 amide bonds. The van der Waals surface area contributed by atoms with E-state index in [1.54, 1.807) is 24.3 Å². The third-order valence-corrected chi connectivity index (χ3v) is 5.35. The monoisotopic (exact) mass is 486 g/mol. The number of fused-ring (bicyclic) bond motifs is 2. The van der Waals surface area contributed by atoms with Crippen LogP contribution in [0.3, 0.4) is 0 Å². The maximum atomic E-state index is 11.3. The molecule has 0 bridgehead atoms. The second kappa shape index (κ2) is 9.15. The van der Waals surface area contributed by atoms with Crippen molar-refractivity contribution in [1.82, 2.24) is 0 Å². The first-order valence-electron chi connectivity index (χ1n) is 8.74. The number of hydrogen-bond donors (Lipinski definition) is 2. The van der Waals surface area contributed by atoms with Gasteiger partial charge < -0.3 is 14.9 Å². The molecule has 0 unspecified atom stereocenters. The second-order valence-electron chi connectivity index (χ2n) is 6.25. The molecule has 4 aromatic rings. The van der Waals surface area contributed by atoms with Gasteiger partial charge in [0, 0.05) is 15.2 Å². The summed E-state index contributed by atoms with van der Waals surface area (Å²) in [5, 5.41) is 21.1. The lowest BCUT2D eigenvalue weighted by Gasteiger charge is -2.10. The predicted octanol–water partition coefficient (Wildman–Crippen LogP) is 6.23. The fourth-order valence-corrected chi connectivity index (χ4v) is 3.81. The highest BCUT2D eigenvalue weighted by Gasteiger charge is 2.15. The Kier molecular flexibility index (Phi) is 6.59. The van der Waals surface area contributed by atoms with Gasteiger partial charge in [-0.2, -0.15) is 0 Å². The number of aromatic carboxylic acids is 1. The van der Waals surface area contributed by atoms with Crippen LogP contribution in [0.4, 0.5) is 0 Å². The molecule has 152 valence electrons. The molecule has 0 aromatic heterocycles. The topological polar surface area (TPSA) is 83.8 Å². The Bertz CT molecular complexity index is 1270. The molecule has 7 heteroatoms. The molecule has 0 aliphatic carbocycles. The number of halogens is 2. The molecular weight excluding hydrogens is 472 g/mol. The van der Waals surface area contributed by atoms with Crippen molar-refractivity contribution in [2.75, 3.05) is 7.11 Å². The number of carboxylic acids is 1. The lowest BCUT2D eigenvalue weighted by Crippen LogP contribution is -1.97. The van der Waals surface area contributed by atoms with Crippen LogP contribution in [0.1, 0.15) is 20.7 Å². The predicted molar refractivity (Wildman–Crippen MR) is 121 cm³/mol. The molecule has 30 heavy (non-hydrogen) atoms. The van der Waals surface area contributed by atoms with Crippen LogP contribution in [-0.2, 0) is 0 Å². The van der Waals surface area contributed by atoms with Crippen molar-refractivity contribution in [2.45, 2.75) is 0 Å². The van der Waals surface area contributed by atoms with Gasteiger partial charge in [0.05, 0.1) is 12.7 Å². The highest BCUT2D eigenvalue weighted by Crippen LogP contribution is 2.35. The summed E-state index contributed by atoms with van der Waals surface area (Å²) in [6.45, 7) is 0. The first kappa shape index (κ1) is 21.6. The van der Waals surface area contributed by atoms with E-state index in [1.807, 2.05) is 36.4 Å². The quantitative estimate of drug-likeness (QED) is 0.335. The highest BCUT2D eigenvalue weighted by molar-refractivity contribution is 9.10. The van der Waals surface area contributed by atoms with E-state index in [2.05, 4.69) is 15.9 Å². The minimum absolute atomic E-state index is 0.0660. The van der Waals surface area contributed by atoms with E-state index in [0.29, 0.717) is 16.7 Å². The van der Waals surface area contributed by atoms with Crippen LogP contribution in [0, 0.1) is 0 Å². The Labute approximate surface area is 185 Å². The number of carboxylic acid groups (broad SMARTS) is 1. The summed E-state index contributed by atoms with van der Waals surface area (Å²) >= 11 is 8.93. The molecular formula is C23H16BrClO5. The maximum Gasteiger partial charge on any atom is 0.339 e. The van der Waals surface area contributed by atoms with Gasteiger partial charge in [0.1, 0.15) is 17.1 Å². The average Bonchev–Trinajstić information content (AvgIpc) is 2.74. The second-order valence-corrected chi connectivity index (χ2v) is 7.44. The Morgan fingerprint density at radius 2 is 1.50 bits per heavy atom. The van der Waals surface area contributed by atoms with Crippen LogP contribution in [0.5, 0.6) is 11.5 Å². The summed E-state index contributed by atoms with van der Waals surface area (Å²) in [5.74, 6) is -0.775. The standard InChI is InChI=1S/C12H8BrClO2.C11H8O3/c1-16-11-8-5-3-2-4-7(8)10(13)6-9(11)12(14)15;12-10-8-4-2-1-3-7(8)5-6-9(10)11(13)14/h2-6H,1H3;1-6,12H,(H,13,14). The summed E-state index contributed by atoms with van der Waals surface area (Å²) in [7, 11) is 1.53. The van der Waals surface area contributed by atoms with E-state index in [1.165, 1.54) is 13.2 Å². The number of carbonyl (C=O) groups is 2. The zero-order chi connectivity index (χ0) is 21.8. The van der Waals surface area contributed by atoms with Gasteiger partial charge in [-0.25, -0.2) is 4.79 Å². The van der Waals surface area contributed by atoms with Crippen LogP contribution in [0.25, 0.3) is 21.5 Å². The van der Waals surface area contributed by atoms with Crippen molar-refractivity contribution in [1.29, 1.82) is 0 Å². The number of hydrogen-bond acceptors (Lipinski definition) is 4. The van der Waals surface area contributed by atoms with E-state index in [9.17, 15) is 14.7 Å². The lowest BCUT2D eigenvalue weighted by molar-refractivity contribution is 0.0694. The van der Waals surface area contributed by atoms with E-state index < -0.39 is 11.2 Å². The van der Waals surface area contributed by atoms with Gasteiger partial charge in [0.2, 0.25) is 0 Å². The van der Waals surface area contributed by atoms with E-state index in [4.69, 9.17) is 21.4 Å². The molecule has 5 nitrogen and oxygen atoms in total. The van der Waals surface area contributed by atoms with Crippen molar-refractivity contribution in [2.24, 2.45) is 0 Å². The van der Waals surface area contributed by atoms with Crippen LogP contribution >= 0.6 is 27.5 Å². The Morgan fingerprint density at radius 3 is 2.10 bits per heavy atom. The molecule has 0 spiro atoms. The smallest absolute Gasteiger partial charge is 0.339 e. The van der Waals surface area contributed by atoms with Gasteiger partial charge in [-0.1, -0.05) is 70.5 Å². The molecule has 4 aromatic carbocycles. The molecule has 0 radical (unpaired) electrons. The van der Waals surface area contributed by atoms with Crippen molar-refractivity contribution >= 4 is 60.3 Å². The normalized spacial score (nSPS) is 10.4. The SMILES string of the molecule is COc1c(C(=O)Cl)cc(Br)c2ccccc12.O=C(O)c1ccc2ccccc2c1O. The number of methoxy groups -OCH3 is 1. The maximum absolute atomic E-state index is 11.3. The van der Waals surface area contributed by atoms with Crippen molar-refractivity contribution in [3.63, 3.8) is 0 Å². The molecule has 0 heterocycles. The fraction of sp³-hybridized carbons (Fsp3) is 0.0435. The number of ether oxygens (including phenoxy) is 1. The van der Waals surface area contributed by atoms with Gasteiger partial charge >= 0.3 is 5.97 Å². The number of carbonyl (C=O) groups excluding carboxylic acids is 1. The largest absolute Gasteiger partial charge is 0.506 e. The summed E-state index contributed by atoms with van der Waals surface area (Å²) in [6, 6.07) is 19.5. The Morgan fingerprint density at radius 1 is 0.900 bits per heavy atom. The number of aromatic hydroxyl groups is 1. The molecule has 0 aliphatic rings. The summed E-state index contributed by atoms with van der Waals surface area (Å²) in [5.41, 5.74) is 0.304. The summed E-state index contributed by atoms with van der Waals surface area (Å²) in [4.78, 5) is 22.0. The van der Waals surface area contributed by atoms with Gasteiger partial charge in [-0.15, -0.1) is 0 Å². The molecule has 4 rings (SSSR count). The Balaban J connectivity index is 0.000000172. The molecule has 0 atom stereocenters. The minimum Gasteiger partial charge on any atom is -0.506 e. The van der Waals surface area contributed by atoms with Crippen molar-refractivity contribution in [3.8, 4) is 11.5 Å². The van der Waals surface area contributed by atoms with Gasteiger partial charge in [0.25, 0.3) is 5.24 Å². The summed E-state index contributed by atoms with van der Waals surface area (Å²) in [6.07, 6.45) is 0. The number of phenols is 1. The molecule has 2 N–H and O–H groups in total. The van der Waals surface area contributed by atoms with Crippen LogP contribution < -0.4 is 4.74 Å². The first-order chi connectivity index (χ1) is 14.3. The minimum atomic E-state index is -1.12. The average molecular weight is 488 g/mol. The van der Waals surface area contributed by atoms with E-state index in [-0.39, 0.29) is 11.3 Å². The summed E-state index contributed by atoms with van der Waals surface area (Å²) < 4.78 is 6.08. The molecule has 0 saturated heterocycles. The van der Waals surface area contributed by atoms with Gasteiger partial charge in [-0.3, -0.25) is 4.79 Å². The molecule has 0 fully saturated rings. The van der Waals surface area contributed by atoms with Gasteiger partial charge in [-0.05, 0) is 34.5 Å². The van der Waals surface area contributed by atoms with E-state index in [0.717, 1.165) is 20.6 Å². The zero-order valence-corrected chi connectivity index (χ0v) is 18.1. The third-order valence-electron chi connectivity index (χ3n) is 4.49. The first-order valence-corrected chi connectivity index (χ1v) is 9.91. The molecule has 0 aliphatic heterocycles. The zero-order valence-electron chi connectivity index (χ0n) is 15.7. The van der Waals surface area contributed by atoms with Crippen molar-refractivity contribution < 1.29 is 24.5 Å². The highest BCUT2D eigenvalue weighted by atomic mass is 79.9. The number of benzene rings is 4. The lowest BCUT2D eigenvalue weighted by atomic mass is 10.1. The van der Waals surface area contributed by atoms with Gasteiger partial charge in [0.15, 0.2) is 0 Å². The van der Waals surface area contributed by atoms with Crippen LogP contribution in [0.15, 0.2) is 71.2 Å². The fourth-order valence-electron chi connectivity index (χ4n) is 3.10. The third kappa shape index (κ3) is 4.25. The van der Waals surface area contributed by atoms with Crippen LogP contribution in [-0.4, -0.2) is 28.5 Å². The van der Waals surface area contributed by atoms with Crippen molar-refractivity contribution in [3.05, 3.63) is 82.3 Å². The molecule has 0 saturated carbocycles. The van der Waals surface area contributed by atoms with Crippen LogP contribution in [0.2, 0.25) is 0 Å².